The second-order valence-corrected chi connectivity index (χ2v) is 7.10. The molecule has 0 radical (unpaired) electrons. The Hall–Kier alpha value is -1.64. The summed E-state index contributed by atoms with van der Waals surface area (Å²) in [6.45, 7) is 0.606. The van der Waals surface area contributed by atoms with Crippen LogP contribution in [0, 0.1) is 0 Å². The highest BCUT2D eigenvalue weighted by atomic mass is 16.6. The fourth-order valence-electron chi connectivity index (χ4n) is 3.58. The molecule has 0 aromatic rings. The van der Waals surface area contributed by atoms with Crippen LogP contribution in [0.15, 0.2) is 48.0 Å². The third kappa shape index (κ3) is 3.38. The zero-order valence-electron chi connectivity index (χ0n) is 13.6. The van der Waals surface area contributed by atoms with Gasteiger partial charge in [0, 0.05) is 12.8 Å². The van der Waals surface area contributed by atoms with E-state index >= 15 is 0 Å². The number of hydrogen-bond acceptors (Lipinski definition) is 7. The van der Waals surface area contributed by atoms with Gasteiger partial charge in [0.1, 0.15) is 35.6 Å². The molecule has 0 saturated carbocycles. The van der Waals surface area contributed by atoms with Gasteiger partial charge in [0.2, 0.25) is 0 Å². The molecule has 0 bridgehead atoms. The van der Waals surface area contributed by atoms with Crippen molar-refractivity contribution in [1.82, 2.24) is 0 Å². The van der Waals surface area contributed by atoms with E-state index < -0.39 is 23.4 Å². The molecule has 2 fully saturated rings. The van der Waals surface area contributed by atoms with Crippen LogP contribution in [0.5, 0.6) is 0 Å². The minimum Gasteiger partial charge on any atom is -0.512 e. The number of aliphatic hydroxyl groups is 4. The van der Waals surface area contributed by atoms with Crippen molar-refractivity contribution in [3.05, 3.63) is 48.0 Å². The molecule has 0 aromatic heterocycles. The molecule has 4 rings (SSSR count). The van der Waals surface area contributed by atoms with E-state index in [0.29, 0.717) is 13.2 Å². The first-order valence-corrected chi connectivity index (χ1v) is 8.38. The second kappa shape index (κ2) is 5.96. The van der Waals surface area contributed by atoms with Crippen LogP contribution in [-0.2, 0) is 14.2 Å². The first-order chi connectivity index (χ1) is 11.9. The minimum absolute atomic E-state index is 0.125. The Bertz CT molecular complexity index is 610. The SMILES string of the molecule is OC1=CC=CC(O)(C2OC2COCC2OC2C2(O)C=CC=C(O)C2)C1. The standard InChI is InChI=1S/C18H22O7/c19-11-3-1-5-17(21,7-11)15-13(24-15)9-23-10-14-16(25-14)18(22)6-2-4-12(20)8-18/h1-6,13-16,19-22H,7-10H2. The summed E-state index contributed by atoms with van der Waals surface area (Å²) in [6, 6.07) is 0. The van der Waals surface area contributed by atoms with E-state index in [1.54, 1.807) is 36.5 Å². The molecule has 7 heteroatoms. The van der Waals surface area contributed by atoms with Crippen LogP contribution in [0.25, 0.3) is 0 Å². The largest absolute Gasteiger partial charge is 0.512 e. The summed E-state index contributed by atoms with van der Waals surface area (Å²) in [4.78, 5) is 0. The highest BCUT2D eigenvalue weighted by Crippen LogP contribution is 2.41. The van der Waals surface area contributed by atoms with Crippen molar-refractivity contribution in [1.29, 1.82) is 0 Å². The Morgan fingerprint density at radius 3 is 1.72 bits per heavy atom. The number of hydrogen-bond donors (Lipinski definition) is 4. The highest BCUT2D eigenvalue weighted by Gasteiger charge is 2.55. The molecule has 2 saturated heterocycles. The lowest BCUT2D eigenvalue weighted by molar-refractivity contribution is 0.0467. The maximum atomic E-state index is 10.5. The number of allylic oxidation sites excluding steroid dienone is 4. The van der Waals surface area contributed by atoms with Crippen LogP contribution in [0.3, 0.4) is 0 Å². The quantitative estimate of drug-likeness (QED) is 0.524. The molecular weight excluding hydrogens is 328 g/mol. The number of rotatable bonds is 6. The molecule has 2 heterocycles. The van der Waals surface area contributed by atoms with Crippen molar-refractivity contribution in [2.75, 3.05) is 13.2 Å². The van der Waals surface area contributed by atoms with Crippen molar-refractivity contribution in [3.63, 3.8) is 0 Å². The maximum absolute atomic E-state index is 10.5. The molecule has 4 N–H and O–H groups in total. The van der Waals surface area contributed by atoms with Gasteiger partial charge in [-0.05, 0) is 24.3 Å². The number of ether oxygens (including phenoxy) is 3. The molecule has 0 amide bonds. The molecule has 25 heavy (non-hydrogen) atoms. The lowest BCUT2D eigenvalue weighted by Gasteiger charge is -2.24. The van der Waals surface area contributed by atoms with Crippen molar-refractivity contribution < 1.29 is 34.6 Å². The number of epoxide rings is 2. The predicted octanol–water partition coefficient (Wildman–Crippen LogP) is 0.804. The van der Waals surface area contributed by atoms with E-state index in [1.807, 2.05) is 0 Å². The summed E-state index contributed by atoms with van der Waals surface area (Å²) < 4.78 is 16.6. The van der Waals surface area contributed by atoms with Crippen LogP contribution in [0.4, 0.5) is 0 Å². The summed E-state index contributed by atoms with van der Waals surface area (Å²) in [5, 5.41) is 40.1. The third-order valence-corrected chi connectivity index (χ3v) is 4.99. The average Bonchev–Trinajstić information content (AvgIpc) is 3.41. The van der Waals surface area contributed by atoms with Crippen LogP contribution < -0.4 is 0 Å². The smallest absolute Gasteiger partial charge is 0.119 e. The first-order valence-electron chi connectivity index (χ1n) is 8.38. The van der Waals surface area contributed by atoms with E-state index in [4.69, 9.17) is 14.2 Å². The van der Waals surface area contributed by atoms with Crippen LogP contribution >= 0.6 is 0 Å². The number of aliphatic hydroxyl groups excluding tert-OH is 2. The van der Waals surface area contributed by atoms with Gasteiger partial charge < -0.3 is 34.6 Å². The monoisotopic (exact) mass is 350 g/mol. The fraction of sp³-hybridized carbons (Fsp3) is 0.556. The molecule has 0 aromatic carbocycles. The van der Waals surface area contributed by atoms with Crippen molar-refractivity contribution >= 4 is 0 Å². The summed E-state index contributed by atoms with van der Waals surface area (Å²) in [5.74, 6) is 0.251. The van der Waals surface area contributed by atoms with E-state index in [-0.39, 0.29) is 36.6 Å². The lowest BCUT2D eigenvalue weighted by atomic mass is 9.89. The summed E-state index contributed by atoms with van der Waals surface area (Å²) >= 11 is 0. The van der Waals surface area contributed by atoms with Gasteiger partial charge in [0.05, 0.1) is 24.7 Å². The van der Waals surface area contributed by atoms with Gasteiger partial charge in [-0.1, -0.05) is 12.2 Å². The van der Waals surface area contributed by atoms with Crippen LogP contribution in [0.2, 0.25) is 0 Å². The van der Waals surface area contributed by atoms with Crippen LogP contribution in [-0.4, -0.2) is 69.3 Å². The molecule has 2 aliphatic carbocycles. The van der Waals surface area contributed by atoms with E-state index in [2.05, 4.69) is 0 Å². The van der Waals surface area contributed by atoms with E-state index in [0.717, 1.165) is 0 Å². The first kappa shape index (κ1) is 16.8. The highest BCUT2D eigenvalue weighted by molar-refractivity contribution is 5.27. The van der Waals surface area contributed by atoms with Gasteiger partial charge in [0.25, 0.3) is 0 Å². The van der Waals surface area contributed by atoms with Gasteiger partial charge >= 0.3 is 0 Å². The summed E-state index contributed by atoms with van der Waals surface area (Å²) in [5.41, 5.74) is -2.39. The average molecular weight is 350 g/mol. The summed E-state index contributed by atoms with van der Waals surface area (Å²) in [7, 11) is 0. The molecule has 7 nitrogen and oxygen atoms in total. The van der Waals surface area contributed by atoms with Crippen LogP contribution in [0.1, 0.15) is 12.8 Å². The van der Waals surface area contributed by atoms with Crippen molar-refractivity contribution in [3.8, 4) is 0 Å². The molecule has 2 aliphatic heterocycles. The predicted molar refractivity (Wildman–Crippen MR) is 87.0 cm³/mol. The molecule has 0 spiro atoms. The normalized spacial score (nSPS) is 45.0. The van der Waals surface area contributed by atoms with Gasteiger partial charge in [-0.15, -0.1) is 0 Å². The van der Waals surface area contributed by atoms with E-state index in [9.17, 15) is 20.4 Å². The molecular formula is C18H22O7. The Morgan fingerprint density at radius 1 is 0.880 bits per heavy atom. The van der Waals surface area contributed by atoms with Gasteiger partial charge in [-0.2, -0.15) is 0 Å². The Morgan fingerprint density at radius 2 is 1.32 bits per heavy atom. The van der Waals surface area contributed by atoms with E-state index in [1.165, 1.54) is 0 Å². The fourth-order valence-corrected chi connectivity index (χ4v) is 3.58. The van der Waals surface area contributed by atoms with Gasteiger partial charge in [-0.25, -0.2) is 0 Å². The van der Waals surface area contributed by atoms with Crippen molar-refractivity contribution in [2.24, 2.45) is 0 Å². The Labute approximate surface area is 145 Å². The minimum atomic E-state index is -1.20. The molecule has 6 unspecified atom stereocenters. The van der Waals surface area contributed by atoms with Gasteiger partial charge in [-0.3, -0.25) is 0 Å². The topological polar surface area (TPSA) is 115 Å². The second-order valence-electron chi connectivity index (χ2n) is 7.10. The summed E-state index contributed by atoms with van der Waals surface area (Å²) in [6.07, 6.45) is 8.58. The zero-order chi connectivity index (χ0) is 17.7. The van der Waals surface area contributed by atoms with Gasteiger partial charge in [0.15, 0.2) is 0 Å². The van der Waals surface area contributed by atoms with Crippen molar-refractivity contribution in [2.45, 2.75) is 48.5 Å². The molecule has 136 valence electrons. The molecule has 4 aliphatic rings. The zero-order valence-corrected chi connectivity index (χ0v) is 13.6. The Balaban J connectivity index is 1.20. The third-order valence-electron chi connectivity index (χ3n) is 4.99. The lowest BCUT2D eigenvalue weighted by Crippen LogP contribution is -2.37. The molecule has 6 atom stereocenters. The maximum Gasteiger partial charge on any atom is 0.119 e. The Kier molecular flexibility index (Phi) is 4.01.